The minimum absolute atomic E-state index is 0.0260. The van der Waals surface area contributed by atoms with Gasteiger partial charge in [-0.25, -0.2) is 38.1 Å². The zero-order chi connectivity index (χ0) is 74.6. The van der Waals surface area contributed by atoms with Gasteiger partial charge in [0.15, 0.2) is 23.0 Å². The first-order valence-electron chi connectivity index (χ1n) is 27.3. The molecule has 0 bridgehead atoms. The number of hydrogen-bond donors (Lipinski definition) is 7. The summed E-state index contributed by atoms with van der Waals surface area (Å²) >= 11 is 12.1. The average Bonchev–Trinajstić information content (AvgIpc) is 0.773. The summed E-state index contributed by atoms with van der Waals surface area (Å²) in [5.41, 5.74) is -10.8. The minimum atomic E-state index is -5.41. The Morgan fingerprint density at radius 3 is 1.19 bits per heavy atom. The number of carbonyl (C=O) groups excluding carboxylic acids is 3. The Bertz CT molecular complexity index is 4590. The first-order chi connectivity index (χ1) is 47.3. The molecule has 9 aromatic rings. The number of aliphatic hydroxyl groups excluding tert-OH is 1. The monoisotopic (exact) mass is 1470 g/mol. The van der Waals surface area contributed by atoms with Crippen molar-refractivity contribution in [3.05, 3.63) is 235 Å². The summed E-state index contributed by atoms with van der Waals surface area (Å²) in [5, 5.41) is 42.8. The van der Waals surface area contributed by atoms with E-state index in [1.165, 1.54) is 61.8 Å². The molecule has 101 heavy (non-hydrogen) atoms. The highest BCUT2D eigenvalue weighted by atomic mass is 35.5. The zero-order valence-electron chi connectivity index (χ0n) is 50.3. The lowest BCUT2D eigenvalue weighted by molar-refractivity contribution is -0.145. The number of nitrogens with zero attached hydrogens (tertiary/aromatic N) is 3. The maximum atomic E-state index is 13.9. The van der Waals surface area contributed by atoms with Gasteiger partial charge in [-0.1, -0.05) is 29.3 Å². The Labute approximate surface area is 566 Å². The third kappa shape index (κ3) is 20.2. The van der Waals surface area contributed by atoms with Crippen LogP contribution in [0.25, 0.3) is 0 Å². The van der Waals surface area contributed by atoms with Crippen molar-refractivity contribution in [2.75, 3.05) is 30.2 Å². The molecular formula is C64H40Cl2F14N6O15. The van der Waals surface area contributed by atoms with E-state index in [1.807, 2.05) is 10.6 Å². The van der Waals surface area contributed by atoms with Crippen molar-refractivity contribution < 1.29 is 134 Å². The highest BCUT2D eigenvalue weighted by molar-refractivity contribution is 6.42. The van der Waals surface area contributed by atoms with Crippen molar-refractivity contribution in [3.63, 3.8) is 0 Å². The summed E-state index contributed by atoms with van der Waals surface area (Å²) in [5.74, 6) is -11.6. The lowest BCUT2D eigenvalue weighted by Crippen LogP contribution is -2.21. The van der Waals surface area contributed by atoms with Crippen LogP contribution in [0.3, 0.4) is 0 Å². The molecule has 0 aliphatic rings. The molecule has 7 N–H and O–H groups in total. The maximum absolute atomic E-state index is 13.9. The molecule has 0 fully saturated rings. The number of benzene rings is 6. The second kappa shape index (κ2) is 31.8. The van der Waals surface area contributed by atoms with Gasteiger partial charge in [0.2, 0.25) is 0 Å². The van der Waals surface area contributed by atoms with Crippen molar-refractivity contribution in [3.8, 4) is 46.0 Å². The Morgan fingerprint density at radius 1 is 0.416 bits per heavy atom. The second-order valence-electron chi connectivity index (χ2n) is 19.8. The van der Waals surface area contributed by atoms with Crippen molar-refractivity contribution in [1.82, 2.24) is 15.0 Å². The molecule has 0 aliphatic heterocycles. The molecule has 528 valence electrons. The van der Waals surface area contributed by atoms with Crippen molar-refractivity contribution >= 4 is 75.9 Å². The molecule has 3 heterocycles. The number of alkyl halides is 12. The number of carboxylic acid groups (broad SMARTS) is 3. The maximum Gasteiger partial charge on any atom is 0.417 e. The number of aromatic carboxylic acids is 3. The number of hydrogen-bond acceptors (Lipinski definition) is 15. The summed E-state index contributed by atoms with van der Waals surface area (Å²) < 4.78 is 216. The predicted molar refractivity (Wildman–Crippen MR) is 325 cm³/mol. The van der Waals surface area contributed by atoms with Gasteiger partial charge >= 0.3 is 42.6 Å². The van der Waals surface area contributed by atoms with Crippen LogP contribution in [0, 0.1) is 11.6 Å². The largest absolute Gasteiger partial charge is 0.493 e. The van der Waals surface area contributed by atoms with E-state index in [4.69, 9.17) is 62.2 Å². The number of rotatable bonds is 18. The number of carbonyl (C=O) groups is 6. The molecule has 3 aromatic heterocycles. The van der Waals surface area contributed by atoms with E-state index < -0.39 is 135 Å². The second-order valence-corrected chi connectivity index (χ2v) is 20.6. The van der Waals surface area contributed by atoms with Gasteiger partial charge in [0.05, 0.1) is 105 Å². The van der Waals surface area contributed by atoms with Crippen LogP contribution in [0.5, 0.6) is 46.0 Å². The molecule has 21 nitrogen and oxygen atoms in total. The van der Waals surface area contributed by atoms with Gasteiger partial charge in [0.25, 0.3) is 17.7 Å². The SMILES string of the molecule is COc1cc(CO)ccc1Oc1cc(C(F)(F)F)cc(C(F)(F)F)c1C(=O)Nc1ccc(C(=O)O)nc1.COc1cc(F)ccc1Oc1cc(Cl)c(Cl)cc1C(=O)Nc1ccc(C(=O)O)nc1.O=C(O)c1ccc(NC(=O)c2c(Oc3ccc(F)cc3)cc(C(F)(F)F)cc2C(F)(F)F)cn1. The number of anilines is 3. The van der Waals surface area contributed by atoms with Crippen molar-refractivity contribution in [1.29, 1.82) is 0 Å². The van der Waals surface area contributed by atoms with Crippen LogP contribution in [-0.4, -0.2) is 85.2 Å². The van der Waals surface area contributed by atoms with Crippen LogP contribution in [0.2, 0.25) is 10.0 Å². The van der Waals surface area contributed by atoms with Gasteiger partial charge < -0.3 is 60.1 Å². The fourth-order valence-corrected chi connectivity index (χ4v) is 8.60. The number of ether oxygens (including phenoxy) is 5. The van der Waals surface area contributed by atoms with Gasteiger partial charge in [0.1, 0.15) is 51.7 Å². The van der Waals surface area contributed by atoms with Gasteiger partial charge in [-0.2, -0.15) is 52.7 Å². The lowest BCUT2D eigenvalue weighted by atomic mass is 10.0. The van der Waals surface area contributed by atoms with E-state index in [0.717, 1.165) is 80.2 Å². The standard InChI is InChI=1S/C23H16F6N2O6.C21H11F7N2O4.C20H13Cl2FN2O5/c1-36-17-6-11(10-32)2-5-16(17)37-18-8-12(22(24,25)26)7-14(23(27,28)29)19(18)20(33)31-13-3-4-15(21(34)35)30-9-13;22-11-1-4-13(5-2-11)34-16-8-10(20(23,24)25)7-14(21(26,27)28)17(16)18(31)30-12-3-6-15(19(32)33)29-9-12;1-29-18-6-10(23)2-5-16(18)30-17-8-14(22)13(21)7-12(17)19(26)25-11-3-4-15(20(27)28)24-9-11/h2-9,32H,10H2,1H3,(H,31,33)(H,34,35);1-9H,(H,30,31)(H,32,33);2-9H,1H3,(H,25,26)(H,27,28). The number of nitrogens with one attached hydrogen (secondary N) is 3. The number of pyridine rings is 3. The van der Waals surface area contributed by atoms with Gasteiger partial charge in [-0.05, 0) is 121 Å². The number of carboxylic acids is 3. The van der Waals surface area contributed by atoms with Crippen LogP contribution in [0.1, 0.15) is 90.4 Å². The number of methoxy groups -OCH3 is 2. The Hall–Kier alpha value is -11.9. The van der Waals surface area contributed by atoms with Gasteiger partial charge in [-0.15, -0.1) is 0 Å². The van der Waals surface area contributed by atoms with Crippen LogP contribution in [0.15, 0.2) is 152 Å². The van der Waals surface area contributed by atoms with E-state index in [0.29, 0.717) is 5.56 Å². The van der Waals surface area contributed by atoms with Crippen LogP contribution in [0.4, 0.5) is 78.5 Å². The zero-order valence-corrected chi connectivity index (χ0v) is 51.8. The molecule has 0 radical (unpaired) electrons. The van der Waals surface area contributed by atoms with E-state index in [2.05, 4.69) is 20.3 Å². The first-order valence-corrected chi connectivity index (χ1v) is 28.1. The van der Waals surface area contributed by atoms with Crippen LogP contribution >= 0.6 is 23.2 Å². The smallest absolute Gasteiger partial charge is 0.417 e. The summed E-state index contributed by atoms with van der Waals surface area (Å²) in [4.78, 5) is 81.9. The molecular weight excluding hydrogens is 1430 g/mol. The van der Waals surface area contributed by atoms with Gasteiger partial charge in [0, 0.05) is 12.1 Å². The third-order valence-electron chi connectivity index (χ3n) is 12.9. The lowest BCUT2D eigenvalue weighted by Gasteiger charge is -2.20. The predicted octanol–water partition coefficient (Wildman–Crippen LogP) is 16.6. The minimum Gasteiger partial charge on any atom is -0.493 e. The van der Waals surface area contributed by atoms with Crippen molar-refractivity contribution in [2.24, 2.45) is 0 Å². The third-order valence-corrected chi connectivity index (χ3v) is 13.7. The van der Waals surface area contributed by atoms with E-state index in [9.17, 15) is 95.3 Å². The molecule has 3 amide bonds. The molecule has 0 spiro atoms. The fourth-order valence-electron chi connectivity index (χ4n) is 8.28. The van der Waals surface area contributed by atoms with Gasteiger partial charge in [-0.3, -0.25) is 14.4 Å². The molecule has 37 heteroatoms. The number of aromatic nitrogens is 3. The number of halogens is 16. The normalized spacial score (nSPS) is 11.3. The first kappa shape index (κ1) is 76.5. The quantitative estimate of drug-likeness (QED) is 0.0393. The summed E-state index contributed by atoms with van der Waals surface area (Å²) in [6.07, 6.45) is -18.4. The molecule has 0 saturated carbocycles. The van der Waals surface area contributed by atoms with E-state index in [-0.39, 0.29) is 97.1 Å². The summed E-state index contributed by atoms with van der Waals surface area (Å²) in [6, 6.07) is 20.1. The van der Waals surface area contributed by atoms with E-state index in [1.54, 1.807) is 0 Å². The molecule has 0 atom stereocenters. The highest BCUT2D eigenvalue weighted by Gasteiger charge is 2.44. The number of amides is 3. The Balaban J connectivity index is 0.000000214. The van der Waals surface area contributed by atoms with Crippen LogP contribution < -0.4 is 39.6 Å². The highest BCUT2D eigenvalue weighted by Crippen LogP contribution is 2.46. The van der Waals surface area contributed by atoms with Crippen LogP contribution in [-0.2, 0) is 31.3 Å². The topological polar surface area (TPSA) is 304 Å². The molecule has 0 aliphatic carbocycles. The molecule has 0 unspecified atom stereocenters. The summed E-state index contributed by atoms with van der Waals surface area (Å²) in [7, 11) is 2.50. The Kier molecular flexibility index (Phi) is 24.1. The number of aliphatic hydroxyl groups is 1. The molecule has 9 rings (SSSR count). The molecule has 6 aromatic carbocycles. The molecule has 0 saturated heterocycles. The van der Waals surface area contributed by atoms with Crippen molar-refractivity contribution in [2.45, 2.75) is 31.3 Å². The fraction of sp³-hybridized carbons (Fsp3) is 0.109. The average molecular weight is 1470 g/mol. The summed E-state index contributed by atoms with van der Waals surface area (Å²) in [6.45, 7) is -0.444. The van der Waals surface area contributed by atoms with E-state index >= 15 is 0 Å². The Morgan fingerprint density at radius 2 is 0.802 bits per heavy atom.